The first-order chi connectivity index (χ1) is 13.0. The molecule has 1 aliphatic carbocycles. The lowest BCUT2D eigenvalue weighted by Gasteiger charge is -2.15. The summed E-state index contributed by atoms with van der Waals surface area (Å²) in [4.78, 5) is 23.8. The van der Waals surface area contributed by atoms with Crippen LogP contribution in [0.4, 0.5) is 0 Å². The van der Waals surface area contributed by atoms with Crippen molar-refractivity contribution in [3.63, 3.8) is 0 Å². The summed E-state index contributed by atoms with van der Waals surface area (Å²) in [6, 6.07) is 12.8. The number of hydrogen-bond acceptors (Lipinski definition) is 4. The predicted molar refractivity (Wildman–Crippen MR) is 103 cm³/mol. The van der Waals surface area contributed by atoms with Crippen LogP contribution in [0, 0.1) is 0 Å². The Morgan fingerprint density at radius 1 is 1.11 bits per heavy atom. The van der Waals surface area contributed by atoms with Gasteiger partial charge in [0.25, 0.3) is 5.91 Å². The van der Waals surface area contributed by atoms with Crippen LogP contribution in [0.3, 0.4) is 0 Å². The molecule has 0 bridgehead atoms. The molecule has 0 radical (unpaired) electrons. The zero-order valence-corrected chi connectivity index (χ0v) is 15.9. The smallest absolute Gasteiger partial charge is 0.344 e. The quantitative estimate of drug-likeness (QED) is 0.737. The van der Waals surface area contributed by atoms with Crippen LogP contribution in [0.25, 0.3) is 0 Å². The third kappa shape index (κ3) is 5.23. The molecule has 6 heteroatoms. The third-order valence-electron chi connectivity index (χ3n) is 4.54. The molecule has 0 aliphatic heterocycles. The van der Waals surface area contributed by atoms with Crippen LogP contribution in [0.1, 0.15) is 36.1 Å². The van der Waals surface area contributed by atoms with Gasteiger partial charge in [0.1, 0.15) is 5.75 Å². The Morgan fingerprint density at radius 2 is 1.89 bits per heavy atom. The number of esters is 1. The van der Waals surface area contributed by atoms with Crippen molar-refractivity contribution in [2.45, 2.75) is 32.2 Å². The van der Waals surface area contributed by atoms with Gasteiger partial charge in [-0.15, -0.1) is 0 Å². The summed E-state index contributed by atoms with van der Waals surface area (Å²) < 4.78 is 10.4. The maximum absolute atomic E-state index is 12.0. The van der Waals surface area contributed by atoms with E-state index in [9.17, 15) is 9.59 Å². The van der Waals surface area contributed by atoms with Crippen LogP contribution in [0.2, 0.25) is 5.02 Å². The van der Waals surface area contributed by atoms with Crippen molar-refractivity contribution in [1.29, 1.82) is 0 Å². The molecule has 27 heavy (non-hydrogen) atoms. The summed E-state index contributed by atoms with van der Waals surface area (Å²) in [7, 11) is 0. The minimum Gasteiger partial charge on any atom is -0.482 e. The highest BCUT2D eigenvalue weighted by Gasteiger charge is 2.15. The number of halogens is 1. The minimum absolute atomic E-state index is 0.230. The van der Waals surface area contributed by atoms with Gasteiger partial charge >= 0.3 is 5.97 Å². The molecule has 0 saturated carbocycles. The van der Waals surface area contributed by atoms with Gasteiger partial charge in [-0.05, 0) is 61.1 Å². The first-order valence-electron chi connectivity index (χ1n) is 8.97. The molecule has 0 fully saturated rings. The number of ether oxygens (including phenoxy) is 2. The monoisotopic (exact) mass is 387 g/mol. The first kappa shape index (κ1) is 19.2. The highest BCUT2D eigenvalue weighted by molar-refractivity contribution is 6.31. The molecular formula is C21H22ClNO4. The Bertz CT molecular complexity index is 837. The Hall–Kier alpha value is -2.53. The van der Waals surface area contributed by atoms with E-state index in [-0.39, 0.29) is 19.3 Å². The SMILES string of the molecule is C[C@@H](NC(=O)COC(=O)COc1ccc2c(c1)CCC2)c1ccccc1Cl. The second-order valence-electron chi connectivity index (χ2n) is 6.54. The summed E-state index contributed by atoms with van der Waals surface area (Å²) in [5, 5.41) is 3.33. The van der Waals surface area contributed by atoms with Crippen molar-refractivity contribution < 1.29 is 19.1 Å². The number of hydrogen-bond donors (Lipinski definition) is 1. The van der Waals surface area contributed by atoms with Crippen LogP contribution in [-0.2, 0) is 27.2 Å². The van der Waals surface area contributed by atoms with Gasteiger partial charge in [-0.1, -0.05) is 35.9 Å². The third-order valence-corrected chi connectivity index (χ3v) is 4.88. The lowest BCUT2D eigenvalue weighted by molar-refractivity contribution is -0.150. The molecule has 0 unspecified atom stereocenters. The molecule has 3 rings (SSSR count). The van der Waals surface area contributed by atoms with Gasteiger partial charge < -0.3 is 14.8 Å². The normalized spacial score (nSPS) is 13.6. The number of nitrogens with one attached hydrogen (secondary N) is 1. The van der Waals surface area contributed by atoms with Gasteiger partial charge in [0.2, 0.25) is 0 Å². The topological polar surface area (TPSA) is 64.6 Å². The van der Waals surface area contributed by atoms with E-state index in [2.05, 4.69) is 5.32 Å². The zero-order valence-electron chi connectivity index (χ0n) is 15.2. The van der Waals surface area contributed by atoms with E-state index in [0.717, 1.165) is 24.8 Å². The van der Waals surface area contributed by atoms with Crippen molar-refractivity contribution >= 4 is 23.5 Å². The Balaban J connectivity index is 1.41. The molecule has 142 valence electrons. The highest BCUT2D eigenvalue weighted by Crippen LogP contribution is 2.26. The van der Waals surface area contributed by atoms with Gasteiger partial charge in [0.15, 0.2) is 13.2 Å². The van der Waals surface area contributed by atoms with Crippen LogP contribution in [-0.4, -0.2) is 25.1 Å². The van der Waals surface area contributed by atoms with Gasteiger partial charge in [-0.3, -0.25) is 4.79 Å². The van der Waals surface area contributed by atoms with E-state index in [0.29, 0.717) is 10.8 Å². The lowest BCUT2D eigenvalue weighted by Crippen LogP contribution is -2.32. The van der Waals surface area contributed by atoms with Gasteiger partial charge in [0, 0.05) is 5.02 Å². The van der Waals surface area contributed by atoms with Gasteiger partial charge in [0.05, 0.1) is 6.04 Å². The van der Waals surface area contributed by atoms with E-state index in [1.807, 2.05) is 43.3 Å². The number of carbonyl (C=O) groups is 2. The number of carbonyl (C=O) groups excluding carboxylic acids is 2. The first-order valence-corrected chi connectivity index (χ1v) is 9.35. The van der Waals surface area contributed by atoms with Crippen LogP contribution >= 0.6 is 11.6 Å². The Labute approximate surface area is 163 Å². The molecule has 1 aliphatic rings. The summed E-state index contributed by atoms with van der Waals surface area (Å²) in [6.07, 6.45) is 3.29. The van der Waals surface area contributed by atoms with Crippen LogP contribution in [0.15, 0.2) is 42.5 Å². The van der Waals surface area contributed by atoms with E-state index < -0.39 is 11.9 Å². The van der Waals surface area contributed by atoms with E-state index >= 15 is 0 Å². The van der Waals surface area contributed by atoms with E-state index in [1.54, 1.807) is 6.07 Å². The summed E-state index contributed by atoms with van der Waals surface area (Å²) in [5.74, 6) is -0.339. The predicted octanol–water partition coefficient (Wildman–Crippen LogP) is 3.63. The maximum atomic E-state index is 12.0. The second-order valence-corrected chi connectivity index (χ2v) is 6.95. The molecule has 2 aromatic carbocycles. The van der Waals surface area contributed by atoms with Crippen molar-refractivity contribution in [3.8, 4) is 5.75 Å². The second kappa shape index (κ2) is 8.91. The molecule has 1 atom stereocenters. The molecule has 0 saturated heterocycles. The summed E-state index contributed by atoms with van der Waals surface area (Å²) in [5.41, 5.74) is 3.42. The number of benzene rings is 2. The van der Waals surface area contributed by atoms with Crippen molar-refractivity contribution in [2.75, 3.05) is 13.2 Å². The number of rotatable bonds is 7. The molecule has 1 N–H and O–H groups in total. The molecule has 1 amide bonds. The number of amides is 1. The molecule has 2 aromatic rings. The highest BCUT2D eigenvalue weighted by atomic mass is 35.5. The maximum Gasteiger partial charge on any atom is 0.344 e. The zero-order chi connectivity index (χ0) is 19.2. The van der Waals surface area contributed by atoms with Gasteiger partial charge in [-0.2, -0.15) is 0 Å². The van der Waals surface area contributed by atoms with Gasteiger partial charge in [-0.25, -0.2) is 4.79 Å². The summed E-state index contributed by atoms with van der Waals surface area (Å²) in [6.45, 7) is 1.23. The number of fused-ring (bicyclic) bond motifs is 1. The molecule has 0 heterocycles. The molecule has 0 aromatic heterocycles. The molecular weight excluding hydrogens is 366 g/mol. The van der Waals surface area contributed by atoms with Crippen LogP contribution < -0.4 is 10.1 Å². The largest absolute Gasteiger partial charge is 0.482 e. The molecule has 0 spiro atoms. The number of aryl methyl sites for hydroxylation is 2. The Morgan fingerprint density at radius 3 is 2.70 bits per heavy atom. The average molecular weight is 388 g/mol. The summed E-state index contributed by atoms with van der Waals surface area (Å²) >= 11 is 6.11. The van der Waals surface area contributed by atoms with Crippen molar-refractivity contribution in [1.82, 2.24) is 5.32 Å². The fourth-order valence-corrected chi connectivity index (χ4v) is 3.45. The standard InChI is InChI=1S/C21H22ClNO4/c1-14(18-7-2-3-8-19(18)22)23-20(24)12-27-21(25)13-26-17-10-9-15-5-4-6-16(15)11-17/h2-3,7-11,14H,4-6,12-13H2,1H3,(H,23,24)/t14-/m1/s1. The molecule has 5 nitrogen and oxygen atoms in total. The van der Waals surface area contributed by atoms with Crippen molar-refractivity contribution in [2.24, 2.45) is 0 Å². The van der Waals surface area contributed by atoms with Crippen molar-refractivity contribution in [3.05, 3.63) is 64.2 Å². The Kier molecular flexibility index (Phi) is 6.35. The fraction of sp³-hybridized carbons (Fsp3) is 0.333. The minimum atomic E-state index is -0.587. The lowest BCUT2D eigenvalue weighted by atomic mass is 10.1. The average Bonchev–Trinajstić information content (AvgIpc) is 3.12. The van der Waals surface area contributed by atoms with Crippen LogP contribution in [0.5, 0.6) is 5.75 Å². The van der Waals surface area contributed by atoms with E-state index in [1.165, 1.54) is 11.1 Å². The fourth-order valence-electron chi connectivity index (χ4n) is 3.16. The van der Waals surface area contributed by atoms with E-state index in [4.69, 9.17) is 21.1 Å².